The first-order valence-corrected chi connectivity index (χ1v) is 38.2. The molecule has 4 heterocycles. The van der Waals surface area contributed by atoms with Crippen molar-refractivity contribution >= 4 is 143 Å². The second kappa shape index (κ2) is 24.9. The van der Waals surface area contributed by atoms with Crippen LogP contribution >= 0.6 is 11.3 Å². The van der Waals surface area contributed by atoms with Gasteiger partial charge in [-0.25, -0.2) is 22.0 Å². The van der Waals surface area contributed by atoms with E-state index in [2.05, 4.69) is 25.8 Å². The van der Waals surface area contributed by atoms with Crippen LogP contribution in [0, 0.1) is 0 Å². The quantitative estimate of drug-likeness (QED) is 0.0192. The number of nitrogens with two attached hydrogens (primary N) is 1. The first kappa shape index (κ1) is 69.7. The van der Waals surface area contributed by atoms with E-state index in [0.717, 1.165) is 12.1 Å². The molecule has 38 heteroatoms. The largest absolute Gasteiger partial charge is 0.748 e. The van der Waals surface area contributed by atoms with Crippen molar-refractivity contribution in [3.63, 3.8) is 0 Å². The molecule has 2 aliphatic rings. The van der Waals surface area contributed by atoms with Crippen LogP contribution in [0.1, 0.15) is 83.6 Å². The molecule has 0 atom stereocenters. The highest BCUT2D eigenvalue weighted by molar-refractivity contribution is 7.91. The minimum absolute atomic E-state index is 0.0202. The fraction of sp³-hybridized carbons (Fsp3) is 0.236. The average molecular weight is 1440 g/mol. The molecular formula is C55H54N8O22S8. The number of allylic oxidation sites excluding steroid dienone is 6. The molecule has 5 aromatic carbocycles. The van der Waals surface area contributed by atoms with Gasteiger partial charge in [0.15, 0.2) is 5.71 Å². The average Bonchev–Trinajstić information content (AvgIpc) is 1.61. The minimum Gasteiger partial charge on any atom is -0.748 e. The van der Waals surface area contributed by atoms with Gasteiger partial charge in [-0.15, -0.1) is 10.2 Å². The third-order valence-corrected chi connectivity index (χ3v) is 22.4. The third-order valence-electron chi connectivity index (χ3n) is 15.2. The molecule has 2 amide bonds. The fourth-order valence-corrected chi connectivity index (χ4v) is 16.1. The van der Waals surface area contributed by atoms with E-state index in [1.807, 2.05) is 0 Å². The number of sulfonamides is 1. The molecule has 0 spiro atoms. The molecule has 30 nitrogen and oxygen atoms in total. The predicted octanol–water partition coefficient (Wildman–Crippen LogP) is 4.97. The van der Waals surface area contributed by atoms with Crippen molar-refractivity contribution in [3.8, 4) is 0 Å². The van der Waals surface area contributed by atoms with Gasteiger partial charge >= 0.3 is 0 Å². The summed E-state index contributed by atoms with van der Waals surface area (Å²) < 4.78 is 237. The van der Waals surface area contributed by atoms with E-state index >= 15 is 0 Å². The summed E-state index contributed by atoms with van der Waals surface area (Å²) in [5.41, 5.74) is -0.231. The maximum Gasteiger partial charge on any atom is 0.295 e. The lowest BCUT2D eigenvalue weighted by atomic mass is 9.79. The number of hydrogen-bond acceptors (Lipinski definition) is 22. The first-order valence-electron chi connectivity index (χ1n) is 26.9. The van der Waals surface area contributed by atoms with E-state index in [9.17, 15) is 95.8 Å². The molecule has 0 saturated heterocycles. The van der Waals surface area contributed by atoms with Crippen LogP contribution in [0.2, 0.25) is 0 Å². The van der Waals surface area contributed by atoms with Gasteiger partial charge in [-0.1, -0.05) is 49.5 Å². The highest BCUT2D eigenvalue weighted by Gasteiger charge is 2.47. The standard InChI is InChI=1S/C55H54N8O22S8/c1-54(2)46(62(21-5-23-87(66,67)68)42-17-14-37-39(48(42)54)25-35(90(74,75)76)27-44(37)92(80,81)82)19-12-32(41-16-11-34(30-57-41)50(64)58-29-31-7-9-33(10-8-31)51(65)59-52-60-61-53(86-52)89(56,72)73)13-20-47-55(3,4)49-40-26-36(91(77,78)79)28-45(93(83,84)85)38(40)15-18-43(49)63(47)22-6-24-88(69,70)71/h7-20,25-28,30H,5-6,21-24,29H2,1-4H3,(H9-,56,58,59,60,64,65,66,67,68,69,70,71,72,73,74,75,76,77,78,79,80,81,82,83,84,85). The van der Waals surface area contributed by atoms with Crippen molar-refractivity contribution in [1.82, 2.24) is 20.5 Å². The lowest BCUT2D eigenvalue weighted by molar-refractivity contribution is -0.437. The molecule has 0 bridgehead atoms. The zero-order chi connectivity index (χ0) is 68.6. The molecule has 7 aromatic rings. The van der Waals surface area contributed by atoms with Crippen molar-refractivity contribution < 1.29 is 100 Å². The van der Waals surface area contributed by atoms with E-state index in [-0.39, 0.29) is 110 Å². The van der Waals surface area contributed by atoms with Crippen LogP contribution in [0.3, 0.4) is 0 Å². The second-order valence-corrected chi connectivity index (χ2v) is 33.7. The van der Waals surface area contributed by atoms with Gasteiger partial charge in [0.05, 0.1) is 42.3 Å². The third kappa shape index (κ3) is 15.1. The molecule has 0 fully saturated rings. The van der Waals surface area contributed by atoms with Crippen LogP contribution < -0.4 is 20.7 Å². The summed E-state index contributed by atoms with van der Waals surface area (Å²) in [4.78, 5) is 29.3. The van der Waals surface area contributed by atoms with E-state index < -0.39 is 129 Å². The van der Waals surface area contributed by atoms with Crippen molar-refractivity contribution in [2.75, 3.05) is 34.8 Å². The van der Waals surface area contributed by atoms with E-state index in [1.165, 1.54) is 85.1 Å². The monoisotopic (exact) mass is 1430 g/mol. The summed E-state index contributed by atoms with van der Waals surface area (Å²) in [5, 5.41) is 16.6. The molecule has 2 aromatic heterocycles. The number of aromatic nitrogens is 3. The van der Waals surface area contributed by atoms with Crippen molar-refractivity contribution in [2.24, 2.45) is 5.14 Å². The number of rotatable bonds is 22. The Balaban J connectivity index is 1.17. The summed E-state index contributed by atoms with van der Waals surface area (Å²) in [6, 6.07) is 17.3. The highest BCUT2D eigenvalue weighted by Crippen LogP contribution is 2.52. The van der Waals surface area contributed by atoms with Gasteiger partial charge in [0.2, 0.25) is 15.2 Å². The van der Waals surface area contributed by atoms with Crippen molar-refractivity contribution in [3.05, 3.63) is 155 Å². The maximum atomic E-state index is 13.7. The Bertz CT molecular complexity index is 5300. The zero-order valence-electron chi connectivity index (χ0n) is 48.7. The number of nitrogens with one attached hydrogen (secondary N) is 2. The van der Waals surface area contributed by atoms with Crippen LogP contribution in [0.25, 0.3) is 27.1 Å². The lowest BCUT2D eigenvalue weighted by Crippen LogP contribution is -2.28. The smallest absolute Gasteiger partial charge is 0.295 e. The number of amides is 2. The molecule has 0 aliphatic carbocycles. The Morgan fingerprint density at radius 2 is 1.25 bits per heavy atom. The topological polar surface area (TPSA) is 492 Å². The molecule has 0 unspecified atom stereocenters. The Morgan fingerprint density at radius 1 is 0.667 bits per heavy atom. The Labute approximate surface area is 536 Å². The molecule has 9 rings (SSSR count). The van der Waals surface area contributed by atoms with Gasteiger partial charge in [-0.2, -0.15) is 46.7 Å². The zero-order valence-corrected chi connectivity index (χ0v) is 55.2. The summed E-state index contributed by atoms with van der Waals surface area (Å²) in [5.74, 6) is -2.91. The summed E-state index contributed by atoms with van der Waals surface area (Å²) in [6.45, 7) is 6.09. The number of anilines is 2. The van der Waals surface area contributed by atoms with Crippen LogP contribution in [-0.2, 0) is 88.1 Å². The molecule has 93 heavy (non-hydrogen) atoms. The number of hydrogen-bond donors (Lipinski definition) is 8. The molecule has 2 aliphatic heterocycles. The number of benzene rings is 5. The van der Waals surface area contributed by atoms with E-state index in [1.54, 1.807) is 43.2 Å². The number of fused-ring (bicyclic) bond motifs is 6. The molecule has 494 valence electrons. The van der Waals surface area contributed by atoms with Gasteiger partial charge in [0.1, 0.15) is 16.3 Å². The maximum absolute atomic E-state index is 13.7. The predicted molar refractivity (Wildman–Crippen MR) is 337 cm³/mol. The number of nitrogens with zero attached hydrogens (tertiary/aromatic N) is 5. The SMILES string of the molecule is CC1(C)C(/C=C/C(=C/C=C2/N(CCCS(=O)(=O)O)c3ccc4c(S(=O)(=O)O)cc(S(=O)(=O)O)cc4c3C2(C)C)c2ccc(C(=O)NCc3ccc(C(=O)Nc4nnc(S(N)(=O)=O)s4)cc3)cn2)=[N+](CCCS(=O)(=O)[O-])c2ccc3c(S(=O)(=O)O)cc(S(=O)(=O)O)cc3c21. The van der Waals surface area contributed by atoms with Gasteiger partial charge in [-0.3, -0.25) is 42.7 Å². The van der Waals surface area contributed by atoms with Crippen molar-refractivity contribution in [2.45, 2.75) is 81.8 Å². The lowest BCUT2D eigenvalue weighted by Gasteiger charge is -2.27. The normalized spacial score (nSPS) is 16.0. The second-order valence-electron chi connectivity index (χ2n) is 22.2. The summed E-state index contributed by atoms with van der Waals surface area (Å²) in [6.07, 6.45) is 6.79. The van der Waals surface area contributed by atoms with Gasteiger partial charge in [0, 0.05) is 87.9 Å². The molecule has 0 saturated carbocycles. The van der Waals surface area contributed by atoms with Crippen LogP contribution in [0.4, 0.5) is 16.5 Å². The van der Waals surface area contributed by atoms with Crippen molar-refractivity contribution in [1.29, 1.82) is 0 Å². The van der Waals surface area contributed by atoms with Crippen LogP contribution in [0.5, 0.6) is 0 Å². The fourth-order valence-electron chi connectivity index (χ4n) is 11.2. The van der Waals surface area contributed by atoms with Crippen LogP contribution in [-0.4, -0.2) is 148 Å². The number of carbonyl (C=O) groups excluding carboxylic acids is 2. The summed E-state index contributed by atoms with van der Waals surface area (Å²) >= 11 is 0.538. The first-order chi connectivity index (χ1) is 42.8. The number of carbonyl (C=O) groups is 2. The van der Waals surface area contributed by atoms with E-state index in [4.69, 9.17) is 5.14 Å². The summed E-state index contributed by atoms with van der Waals surface area (Å²) in [7, 11) is -34.3. The highest BCUT2D eigenvalue weighted by atomic mass is 32.3. The van der Waals surface area contributed by atoms with E-state index in [0.29, 0.717) is 34.7 Å². The minimum atomic E-state index is -5.19. The number of pyridine rings is 1. The van der Waals surface area contributed by atoms with Gasteiger partial charge in [0.25, 0.3) is 72.4 Å². The Hall–Kier alpha value is -7.67. The van der Waals surface area contributed by atoms with Gasteiger partial charge < -0.3 is 14.8 Å². The van der Waals surface area contributed by atoms with Gasteiger partial charge in [-0.05, 0) is 115 Å². The Kier molecular flexibility index (Phi) is 18.7. The molecule has 9 N–H and O–H groups in total. The van der Waals surface area contributed by atoms with Crippen LogP contribution in [0.15, 0.2) is 145 Å². The number of primary sulfonamides is 1. The molecule has 0 radical (unpaired) electrons. The molecular weight excluding hydrogens is 1380 g/mol. The Morgan fingerprint density at radius 3 is 1.77 bits per heavy atom.